The average molecular weight is 208 g/mol. The molecule has 0 aromatic heterocycles. The Hall–Kier alpha value is -0.570. The SMILES string of the molecule is O=C(CNC(C1CC1)C1CC1)NC1CC1. The van der Waals surface area contributed by atoms with Crippen molar-refractivity contribution in [1.82, 2.24) is 10.6 Å². The van der Waals surface area contributed by atoms with Gasteiger partial charge in [0.15, 0.2) is 0 Å². The van der Waals surface area contributed by atoms with Crippen LogP contribution in [0.15, 0.2) is 0 Å². The van der Waals surface area contributed by atoms with Crippen LogP contribution in [0.3, 0.4) is 0 Å². The highest BCUT2D eigenvalue weighted by molar-refractivity contribution is 5.78. The van der Waals surface area contributed by atoms with Crippen LogP contribution < -0.4 is 10.6 Å². The Morgan fingerprint density at radius 2 is 1.67 bits per heavy atom. The van der Waals surface area contributed by atoms with Gasteiger partial charge in [-0.25, -0.2) is 0 Å². The zero-order valence-electron chi connectivity index (χ0n) is 9.17. The summed E-state index contributed by atoms with van der Waals surface area (Å²) in [6, 6.07) is 1.15. The zero-order chi connectivity index (χ0) is 10.3. The lowest BCUT2D eigenvalue weighted by Gasteiger charge is -2.17. The average Bonchev–Trinajstić information content (AvgIpc) is 3.04. The first kappa shape index (κ1) is 9.64. The number of rotatable bonds is 6. The zero-order valence-corrected chi connectivity index (χ0v) is 9.17. The van der Waals surface area contributed by atoms with Gasteiger partial charge in [-0.3, -0.25) is 4.79 Å². The summed E-state index contributed by atoms with van der Waals surface area (Å²) in [6.07, 6.45) is 7.86. The molecule has 0 atom stereocenters. The van der Waals surface area contributed by atoms with Gasteiger partial charge in [0, 0.05) is 12.1 Å². The lowest BCUT2D eigenvalue weighted by Crippen LogP contribution is -2.41. The lowest BCUT2D eigenvalue weighted by molar-refractivity contribution is -0.120. The minimum Gasteiger partial charge on any atom is -0.352 e. The van der Waals surface area contributed by atoms with E-state index in [1.54, 1.807) is 0 Å². The van der Waals surface area contributed by atoms with Crippen molar-refractivity contribution in [3.05, 3.63) is 0 Å². The molecule has 0 spiro atoms. The van der Waals surface area contributed by atoms with Gasteiger partial charge in [0.2, 0.25) is 5.91 Å². The van der Waals surface area contributed by atoms with Crippen molar-refractivity contribution in [2.45, 2.75) is 50.6 Å². The van der Waals surface area contributed by atoms with E-state index in [0.717, 1.165) is 11.8 Å². The summed E-state index contributed by atoms with van der Waals surface area (Å²) in [4.78, 5) is 11.5. The predicted octanol–water partition coefficient (Wildman–Crippen LogP) is 1.04. The van der Waals surface area contributed by atoms with Gasteiger partial charge in [-0.15, -0.1) is 0 Å². The number of carbonyl (C=O) groups excluding carboxylic acids is 1. The minimum atomic E-state index is 0.198. The highest BCUT2D eigenvalue weighted by Crippen LogP contribution is 2.44. The normalized spacial score (nSPS) is 25.7. The van der Waals surface area contributed by atoms with E-state index in [1.807, 2.05) is 0 Å². The van der Waals surface area contributed by atoms with E-state index in [4.69, 9.17) is 0 Å². The van der Waals surface area contributed by atoms with E-state index in [9.17, 15) is 4.79 Å². The predicted molar refractivity (Wildman–Crippen MR) is 58.4 cm³/mol. The molecular formula is C12H20N2O. The Bertz CT molecular complexity index is 242. The molecule has 3 saturated carbocycles. The monoisotopic (exact) mass is 208 g/mol. The molecular weight excluding hydrogens is 188 g/mol. The first-order valence-corrected chi connectivity index (χ1v) is 6.35. The fourth-order valence-electron chi connectivity index (χ4n) is 2.35. The van der Waals surface area contributed by atoms with Gasteiger partial charge in [0.05, 0.1) is 6.54 Å². The van der Waals surface area contributed by atoms with Crippen molar-refractivity contribution in [2.75, 3.05) is 6.54 Å². The quantitative estimate of drug-likeness (QED) is 0.685. The summed E-state index contributed by atoms with van der Waals surface area (Å²) in [5, 5.41) is 6.49. The van der Waals surface area contributed by atoms with E-state index in [2.05, 4.69) is 10.6 Å². The molecule has 0 bridgehead atoms. The summed E-state index contributed by atoms with van der Waals surface area (Å²) in [7, 11) is 0. The van der Waals surface area contributed by atoms with Gasteiger partial charge in [-0.1, -0.05) is 0 Å². The topological polar surface area (TPSA) is 41.1 Å². The van der Waals surface area contributed by atoms with Crippen LogP contribution >= 0.6 is 0 Å². The number of hydrogen-bond donors (Lipinski definition) is 2. The van der Waals surface area contributed by atoms with Crippen molar-refractivity contribution in [3.8, 4) is 0 Å². The van der Waals surface area contributed by atoms with Crippen molar-refractivity contribution in [2.24, 2.45) is 11.8 Å². The molecule has 1 amide bonds. The smallest absolute Gasteiger partial charge is 0.234 e. The molecule has 0 radical (unpaired) electrons. The second kappa shape index (κ2) is 3.78. The second-order valence-electron chi connectivity index (χ2n) is 5.42. The molecule has 0 unspecified atom stereocenters. The number of carbonyl (C=O) groups is 1. The Labute approximate surface area is 91.0 Å². The maximum atomic E-state index is 11.5. The molecule has 84 valence electrons. The van der Waals surface area contributed by atoms with Crippen molar-refractivity contribution < 1.29 is 4.79 Å². The van der Waals surface area contributed by atoms with E-state index in [-0.39, 0.29) is 5.91 Å². The van der Waals surface area contributed by atoms with Gasteiger partial charge in [0.25, 0.3) is 0 Å². The largest absolute Gasteiger partial charge is 0.352 e. The maximum absolute atomic E-state index is 11.5. The van der Waals surface area contributed by atoms with Crippen LogP contribution in [0.5, 0.6) is 0 Å². The lowest BCUT2D eigenvalue weighted by atomic mass is 10.1. The molecule has 0 aromatic rings. The fraction of sp³-hybridized carbons (Fsp3) is 0.917. The maximum Gasteiger partial charge on any atom is 0.234 e. The van der Waals surface area contributed by atoms with Crippen molar-refractivity contribution in [1.29, 1.82) is 0 Å². The molecule has 3 nitrogen and oxygen atoms in total. The summed E-state index contributed by atoms with van der Waals surface area (Å²) < 4.78 is 0. The molecule has 3 aliphatic carbocycles. The van der Waals surface area contributed by atoms with Crippen molar-refractivity contribution in [3.63, 3.8) is 0 Å². The summed E-state index contributed by atoms with van der Waals surface area (Å²) in [5.41, 5.74) is 0. The third-order valence-electron chi connectivity index (χ3n) is 3.70. The minimum absolute atomic E-state index is 0.198. The third kappa shape index (κ3) is 2.71. The van der Waals surface area contributed by atoms with E-state index >= 15 is 0 Å². The van der Waals surface area contributed by atoms with Gasteiger partial charge in [-0.05, 0) is 50.4 Å². The second-order valence-corrected chi connectivity index (χ2v) is 5.42. The molecule has 0 aliphatic heterocycles. The van der Waals surface area contributed by atoms with Gasteiger partial charge in [-0.2, -0.15) is 0 Å². The first-order chi connectivity index (χ1) is 7.33. The molecule has 0 heterocycles. The van der Waals surface area contributed by atoms with Crippen LogP contribution in [0.2, 0.25) is 0 Å². The third-order valence-corrected chi connectivity index (χ3v) is 3.70. The van der Waals surface area contributed by atoms with Crippen LogP contribution in [0.4, 0.5) is 0 Å². The highest BCUT2D eigenvalue weighted by atomic mass is 16.2. The molecule has 3 rings (SSSR count). The standard InChI is InChI=1S/C12H20N2O/c15-11(14-10-5-6-10)7-13-12(8-1-2-8)9-3-4-9/h8-10,12-13H,1-7H2,(H,14,15). The Morgan fingerprint density at radius 1 is 1.07 bits per heavy atom. The molecule has 3 heteroatoms. The Balaban J connectivity index is 1.40. The fourth-order valence-corrected chi connectivity index (χ4v) is 2.35. The van der Waals surface area contributed by atoms with Crippen LogP contribution in [-0.4, -0.2) is 24.5 Å². The number of hydrogen-bond acceptors (Lipinski definition) is 2. The van der Waals surface area contributed by atoms with Crippen LogP contribution in [-0.2, 0) is 4.79 Å². The summed E-state index contributed by atoms with van der Waals surface area (Å²) in [6.45, 7) is 0.536. The van der Waals surface area contributed by atoms with Gasteiger partial charge in [0.1, 0.15) is 0 Å². The molecule has 2 N–H and O–H groups in total. The molecule has 3 fully saturated rings. The van der Waals surface area contributed by atoms with Crippen molar-refractivity contribution >= 4 is 5.91 Å². The summed E-state index contributed by atoms with van der Waals surface area (Å²) in [5.74, 6) is 1.96. The Kier molecular flexibility index (Phi) is 2.43. The van der Waals surface area contributed by atoms with Crippen LogP contribution in [0.1, 0.15) is 38.5 Å². The van der Waals surface area contributed by atoms with E-state index in [0.29, 0.717) is 18.6 Å². The van der Waals surface area contributed by atoms with E-state index in [1.165, 1.54) is 38.5 Å². The van der Waals surface area contributed by atoms with Crippen LogP contribution in [0, 0.1) is 11.8 Å². The molecule has 0 saturated heterocycles. The molecule has 0 aromatic carbocycles. The van der Waals surface area contributed by atoms with E-state index < -0.39 is 0 Å². The Morgan fingerprint density at radius 3 is 2.13 bits per heavy atom. The highest BCUT2D eigenvalue weighted by Gasteiger charge is 2.41. The van der Waals surface area contributed by atoms with Gasteiger partial charge < -0.3 is 10.6 Å². The molecule has 3 aliphatic rings. The summed E-state index contributed by atoms with van der Waals surface area (Å²) >= 11 is 0. The first-order valence-electron chi connectivity index (χ1n) is 6.35. The number of amides is 1. The van der Waals surface area contributed by atoms with Gasteiger partial charge >= 0.3 is 0 Å². The number of nitrogens with one attached hydrogen (secondary N) is 2. The van der Waals surface area contributed by atoms with Crippen LogP contribution in [0.25, 0.3) is 0 Å². The molecule has 15 heavy (non-hydrogen) atoms.